The molecule has 1 aromatic carbocycles. The van der Waals surface area contributed by atoms with Crippen molar-refractivity contribution >= 4 is 5.57 Å². The molecule has 0 aliphatic carbocycles. The van der Waals surface area contributed by atoms with Gasteiger partial charge in [0.1, 0.15) is 0 Å². The molecule has 0 aliphatic rings. The van der Waals surface area contributed by atoms with Crippen LogP contribution in [0.5, 0.6) is 0 Å². The van der Waals surface area contributed by atoms with E-state index >= 15 is 0 Å². The van der Waals surface area contributed by atoms with E-state index in [-0.39, 0.29) is 5.92 Å². The van der Waals surface area contributed by atoms with Gasteiger partial charge in [-0.25, -0.2) is 0 Å². The van der Waals surface area contributed by atoms with E-state index < -0.39 is 4.92 Å². The molecule has 3 nitrogen and oxygen atoms in total. The fourth-order valence-corrected chi connectivity index (χ4v) is 1.30. The van der Waals surface area contributed by atoms with Crippen molar-refractivity contribution in [3.63, 3.8) is 0 Å². The molecule has 0 bridgehead atoms. The van der Waals surface area contributed by atoms with Crippen LogP contribution in [-0.4, -0.2) is 4.92 Å². The van der Waals surface area contributed by atoms with Gasteiger partial charge in [-0.3, -0.25) is 10.1 Å². The Kier molecular flexibility index (Phi) is 3.40. The Bertz CT molecular complexity index is 342. The molecule has 0 unspecified atom stereocenters. The van der Waals surface area contributed by atoms with Crippen molar-refractivity contribution in [1.29, 1.82) is 0 Å². The maximum Gasteiger partial charge on any atom is 0.238 e. The minimum atomic E-state index is -0.400. The molecule has 74 valence electrons. The Hall–Kier alpha value is -1.64. The first-order valence-corrected chi connectivity index (χ1v) is 4.52. The largest absolute Gasteiger partial charge is 0.259 e. The van der Waals surface area contributed by atoms with Gasteiger partial charge in [0.2, 0.25) is 6.20 Å². The minimum absolute atomic E-state index is 0.155. The predicted molar refractivity (Wildman–Crippen MR) is 56.3 cm³/mol. The normalized spacial score (nSPS) is 11.8. The number of rotatable bonds is 3. The average molecular weight is 191 g/mol. The van der Waals surface area contributed by atoms with Crippen LogP contribution in [0.3, 0.4) is 0 Å². The first-order chi connectivity index (χ1) is 6.61. The lowest BCUT2D eigenvalue weighted by molar-refractivity contribution is -0.401. The second-order valence-corrected chi connectivity index (χ2v) is 3.39. The van der Waals surface area contributed by atoms with Gasteiger partial charge >= 0.3 is 0 Å². The number of hydrogen-bond acceptors (Lipinski definition) is 2. The summed E-state index contributed by atoms with van der Waals surface area (Å²) in [6.45, 7) is 3.89. The summed E-state index contributed by atoms with van der Waals surface area (Å²) >= 11 is 0. The fraction of sp³-hybridized carbons (Fsp3) is 0.273. The lowest BCUT2D eigenvalue weighted by Crippen LogP contribution is -1.97. The summed E-state index contributed by atoms with van der Waals surface area (Å²) < 4.78 is 0. The zero-order valence-electron chi connectivity index (χ0n) is 8.31. The molecule has 0 atom stereocenters. The Morgan fingerprint density at radius 2 is 1.93 bits per heavy atom. The minimum Gasteiger partial charge on any atom is -0.259 e. The zero-order valence-corrected chi connectivity index (χ0v) is 8.31. The van der Waals surface area contributed by atoms with Crippen molar-refractivity contribution in [1.82, 2.24) is 0 Å². The highest BCUT2D eigenvalue weighted by Gasteiger charge is 2.09. The first-order valence-electron chi connectivity index (χ1n) is 4.52. The second-order valence-electron chi connectivity index (χ2n) is 3.39. The molecule has 0 saturated carbocycles. The van der Waals surface area contributed by atoms with Crippen LogP contribution in [0.1, 0.15) is 19.4 Å². The van der Waals surface area contributed by atoms with E-state index in [0.717, 1.165) is 17.3 Å². The maximum absolute atomic E-state index is 10.4. The van der Waals surface area contributed by atoms with Gasteiger partial charge in [-0.2, -0.15) is 0 Å². The summed E-state index contributed by atoms with van der Waals surface area (Å²) in [6, 6.07) is 9.43. The predicted octanol–water partition coefficient (Wildman–Crippen LogP) is 2.96. The van der Waals surface area contributed by atoms with Crippen molar-refractivity contribution in [2.45, 2.75) is 13.8 Å². The van der Waals surface area contributed by atoms with Gasteiger partial charge in [0.25, 0.3) is 0 Å². The van der Waals surface area contributed by atoms with Crippen LogP contribution < -0.4 is 0 Å². The lowest BCUT2D eigenvalue weighted by atomic mass is 9.96. The quantitative estimate of drug-likeness (QED) is 0.544. The molecule has 0 aliphatic heterocycles. The standard InChI is InChI=1S/C11H13NO2/c1-9(2)11(8-12(13)14)10-6-4-3-5-7-10/h3-9H,1-2H3/b11-8-. The van der Waals surface area contributed by atoms with Gasteiger partial charge in [-0.1, -0.05) is 44.2 Å². The van der Waals surface area contributed by atoms with Gasteiger partial charge in [-0.05, 0) is 11.5 Å². The van der Waals surface area contributed by atoms with Crippen molar-refractivity contribution in [2.75, 3.05) is 0 Å². The van der Waals surface area contributed by atoms with Crippen molar-refractivity contribution in [3.8, 4) is 0 Å². The van der Waals surface area contributed by atoms with Crippen LogP contribution >= 0.6 is 0 Å². The molecule has 0 aromatic heterocycles. The summed E-state index contributed by atoms with van der Waals surface area (Å²) in [6.07, 6.45) is 1.08. The molecule has 0 radical (unpaired) electrons. The summed E-state index contributed by atoms with van der Waals surface area (Å²) in [4.78, 5) is 10.0. The third-order valence-corrected chi connectivity index (χ3v) is 1.97. The van der Waals surface area contributed by atoms with Crippen LogP contribution in [0.15, 0.2) is 36.5 Å². The zero-order chi connectivity index (χ0) is 10.6. The number of nitrogens with zero attached hydrogens (tertiary/aromatic N) is 1. The van der Waals surface area contributed by atoms with E-state index in [1.807, 2.05) is 44.2 Å². The monoisotopic (exact) mass is 191 g/mol. The Labute approximate surface area is 83.2 Å². The van der Waals surface area contributed by atoms with Gasteiger partial charge in [0, 0.05) is 5.57 Å². The summed E-state index contributed by atoms with van der Waals surface area (Å²) in [7, 11) is 0. The smallest absolute Gasteiger partial charge is 0.238 e. The third kappa shape index (κ3) is 2.69. The lowest BCUT2D eigenvalue weighted by Gasteiger charge is -2.07. The molecular formula is C11H13NO2. The summed E-state index contributed by atoms with van der Waals surface area (Å²) in [5.74, 6) is 0.155. The van der Waals surface area contributed by atoms with E-state index in [1.165, 1.54) is 0 Å². The molecular weight excluding hydrogens is 178 g/mol. The van der Waals surface area contributed by atoms with E-state index in [1.54, 1.807) is 0 Å². The van der Waals surface area contributed by atoms with Crippen LogP contribution in [0.4, 0.5) is 0 Å². The number of nitro groups is 1. The summed E-state index contributed by atoms with van der Waals surface area (Å²) in [5, 5.41) is 10.4. The topological polar surface area (TPSA) is 43.1 Å². The van der Waals surface area contributed by atoms with E-state index in [0.29, 0.717) is 0 Å². The SMILES string of the molecule is CC(C)/C(=C/[N+](=O)[O-])c1ccccc1. The van der Waals surface area contributed by atoms with Crippen LogP contribution in [0, 0.1) is 16.0 Å². The number of hydrogen-bond donors (Lipinski definition) is 0. The maximum atomic E-state index is 10.4. The van der Waals surface area contributed by atoms with Crippen molar-refractivity contribution in [3.05, 3.63) is 52.2 Å². The average Bonchev–Trinajstić information content (AvgIpc) is 2.15. The van der Waals surface area contributed by atoms with Gasteiger partial charge in [0.15, 0.2) is 0 Å². The Morgan fingerprint density at radius 3 is 2.36 bits per heavy atom. The highest BCUT2D eigenvalue weighted by atomic mass is 16.6. The number of allylic oxidation sites excluding steroid dienone is 1. The second kappa shape index (κ2) is 4.56. The van der Waals surface area contributed by atoms with Crippen LogP contribution in [-0.2, 0) is 0 Å². The van der Waals surface area contributed by atoms with Crippen molar-refractivity contribution < 1.29 is 4.92 Å². The molecule has 0 saturated heterocycles. The van der Waals surface area contributed by atoms with Crippen molar-refractivity contribution in [2.24, 2.45) is 5.92 Å². The molecule has 0 N–H and O–H groups in total. The molecule has 0 heterocycles. The molecule has 1 rings (SSSR count). The molecule has 0 spiro atoms. The van der Waals surface area contributed by atoms with E-state index in [9.17, 15) is 10.1 Å². The van der Waals surface area contributed by atoms with Crippen LogP contribution in [0.25, 0.3) is 5.57 Å². The highest BCUT2D eigenvalue weighted by Crippen LogP contribution is 2.22. The Morgan fingerprint density at radius 1 is 1.36 bits per heavy atom. The van der Waals surface area contributed by atoms with Gasteiger partial charge in [0.05, 0.1) is 4.92 Å². The molecule has 14 heavy (non-hydrogen) atoms. The van der Waals surface area contributed by atoms with E-state index in [4.69, 9.17) is 0 Å². The molecule has 1 aromatic rings. The Balaban J connectivity index is 3.08. The fourth-order valence-electron chi connectivity index (χ4n) is 1.30. The molecule has 3 heteroatoms. The third-order valence-electron chi connectivity index (χ3n) is 1.97. The summed E-state index contributed by atoms with van der Waals surface area (Å²) in [5.41, 5.74) is 1.68. The molecule has 0 amide bonds. The first kappa shape index (κ1) is 10.4. The molecule has 0 fully saturated rings. The van der Waals surface area contributed by atoms with Crippen LogP contribution in [0.2, 0.25) is 0 Å². The van der Waals surface area contributed by atoms with E-state index in [2.05, 4.69) is 0 Å². The highest BCUT2D eigenvalue weighted by molar-refractivity contribution is 5.65. The van der Waals surface area contributed by atoms with Gasteiger partial charge < -0.3 is 0 Å². The van der Waals surface area contributed by atoms with Gasteiger partial charge in [-0.15, -0.1) is 0 Å². The number of benzene rings is 1.